The predicted octanol–water partition coefficient (Wildman–Crippen LogP) is 2.77. The summed E-state index contributed by atoms with van der Waals surface area (Å²) in [7, 11) is 0. The van der Waals surface area contributed by atoms with E-state index in [0.29, 0.717) is 23.3 Å². The minimum absolute atomic E-state index is 0.216. The van der Waals surface area contributed by atoms with Crippen molar-refractivity contribution in [2.75, 3.05) is 25.0 Å². The third-order valence-corrected chi connectivity index (χ3v) is 4.29. The largest absolute Gasteiger partial charge is 0.338 e. The Morgan fingerprint density at radius 3 is 2.88 bits per heavy atom. The van der Waals surface area contributed by atoms with Gasteiger partial charge in [0, 0.05) is 32.0 Å². The van der Waals surface area contributed by atoms with E-state index < -0.39 is 0 Å². The Bertz CT molecular complexity index is 664. The van der Waals surface area contributed by atoms with Crippen molar-refractivity contribution in [3.63, 3.8) is 0 Å². The Morgan fingerprint density at radius 2 is 2.12 bits per heavy atom. The number of carbonyl (C=O) groups excluding carboxylic acids is 1. The predicted molar refractivity (Wildman–Crippen MR) is 93.9 cm³/mol. The summed E-state index contributed by atoms with van der Waals surface area (Å²) in [6.07, 6.45) is 6.27. The number of hydrogen-bond donors (Lipinski definition) is 2. The summed E-state index contributed by atoms with van der Waals surface area (Å²) in [4.78, 5) is 22.3. The van der Waals surface area contributed by atoms with Crippen LogP contribution in [-0.4, -0.2) is 40.5 Å². The summed E-state index contributed by atoms with van der Waals surface area (Å²) in [6.45, 7) is 3.64. The fourth-order valence-electron chi connectivity index (χ4n) is 2.83. The van der Waals surface area contributed by atoms with Crippen molar-refractivity contribution in [3.8, 4) is 0 Å². The molecule has 1 unspecified atom stereocenters. The molecule has 3 rings (SSSR count). The zero-order valence-electron chi connectivity index (χ0n) is 13.3. The van der Waals surface area contributed by atoms with Crippen LogP contribution < -0.4 is 10.6 Å². The van der Waals surface area contributed by atoms with Gasteiger partial charge in [-0.2, -0.15) is 0 Å². The molecule has 6 nitrogen and oxygen atoms in total. The normalized spacial score (nSPS) is 17.6. The van der Waals surface area contributed by atoms with Crippen molar-refractivity contribution in [1.29, 1.82) is 0 Å². The van der Waals surface area contributed by atoms with Gasteiger partial charge in [-0.25, -0.2) is 9.78 Å². The number of carbonyl (C=O) groups is 1. The molecule has 0 saturated carbocycles. The molecule has 2 aromatic rings. The monoisotopic (exact) mass is 345 g/mol. The van der Waals surface area contributed by atoms with Gasteiger partial charge < -0.3 is 10.6 Å². The zero-order valence-corrected chi connectivity index (χ0v) is 14.0. The molecule has 0 spiro atoms. The van der Waals surface area contributed by atoms with Crippen LogP contribution in [0.4, 0.5) is 10.5 Å². The maximum absolute atomic E-state index is 11.9. The van der Waals surface area contributed by atoms with E-state index in [9.17, 15) is 4.79 Å². The van der Waals surface area contributed by atoms with E-state index in [1.807, 2.05) is 24.5 Å². The lowest BCUT2D eigenvalue weighted by Crippen LogP contribution is -2.34. The third kappa shape index (κ3) is 4.91. The number of nitrogens with one attached hydrogen (secondary N) is 2. The van der Waals surface area contributed by atoms with Crippen LogP contribution in [0.5, 0.6) is 0 Å². The molecule has 1 aliphatic heterocycles. The highest BCUT2D eigenvalue weighted by molar-refractivity contribution is 6.29. The van der Waals surface area contributed by atoms with Gasteiger partial charge in [0.15, 0.2) is 0 Å². The van der Waals surface area contributed by atoms with Crippen molar-refractivity contribution in [2.45, 2.75) is 13.0 Å². The molecular weight excluding hydrogens is 326 g/mol. The van der Waals surface area contributed by atoms with Gasteiger partial charge in [-0.05, 0) is 48.7 Å². The van der Waals surface area contributed by atoms with Crippen LogP contribution in [0.25, 0.3) is 0 Å². The molecule has 24 heavy (non-hydrogen) atoms. The first-order chi connectivity index (χ1) is 11.7. The minimum atomic E-state index is -0.216. The standard InChI is InChI=1S/C17H20ClN5O/c18-16-2-1-15(10-20-16)22-17(24)21-9-14-5-8-23(12-14)11-13-3-6-19-7-4-13/h1-4,6-7,10,14H,5,8-9,11-12H2,(H2,21,22,24). The summed E-state index contributed by atoms with van der Waals surface area (Å²) < 4.78 is 0. The second kappa shape index (κ2) is 8.08. The van der Waals surface area contributed by atoms with Crippen LogP contribution in [0, 0.1) is 5.92 Å². The summed E-state index contributed by atoms with van der Waals surface area (Å²) in [5.74, 6) is 0.473. The number of rotatable bonds is 5. The van der Waals surface area contributed by atoms with Gasteiger partial charge in [-0.3, -0.25) is 9.88 Å². The van der Waals surface area contributed by atoms with Crippen LogP contribution in [0.2, 0.25) is 5.15 Å². The van der Waals surface area contributed by atoms with Crippen molar-refractivity contribution in [3.05, 3.63) is 53.6 Å². The summed E-state index contributed by atoms with van der Waals surface area (Å²) >= 11 is 5.72. The number of likely N-dealkylation sites (tertiary alicyclic amines) is 1. The molecule has 126 valence electrons. The van der Waals surface area contributed by atoms with Crippen molar-refractivity contribution < 1.29 is 4.79 Å². The fraction of sp³-hybridized carbons (Fsp3) is 0.353. The van der Waals surface area contributed by atoms with Crippen molar-refractivity contribution >= 4 is 23.3 Å². The molecule has 1 aliphatic rings. The average Bonchev–Trinajstić information content (AvgIpc) is 3.03. The smallest absolute Gasteiger partial charge is 0.319 e. The lowest BCUT2D eigenvalue weighted by molar-refractivity contribution is 0.249. The highest BCUT2D eigenvalue weighted by Gasteiger charge is 2.22. The average molecular weight is 346 g/mol. The Hall–Kier alpha value is -2.18. The second-order valence-corrected chi connectivity index (χ2v) is 6.34. The fourth-order valence-corrected chi connectivity index (χ4v) is 2.94. The zero-order chi connectivity index (χ0) is 16.8. The Morgan fingerprint density at radius 1 is 1.29 bits per heavy atom. The van der Waals surface area contributed by atoms with E-state index in [2.05, 4.69) is 25.5 Å². The molecule has 1 fully saturated rings. The van der Waals surface area contributed by atoms with E-state index in [4.69, 9.17) is 11.6 Å². The number of nitrogens with zero attached hydrogens (tertiary/aromatic N) is 3. The Kier molecular flexibility index (Phi) is 5.61. The SMILES string of the molecule is O=C(NCC1CCN(Cc2ccncc2)C1)Nc1ccc(Cl)nc1. The van der Waals surface area contributed by atoms with E-state index in [-0.39, 0.29) is 6.03 Å². The topological polar surface area (TPSA) is 70.2 Å². The Balaban J connectivity index is 1.39. The number of urea groups is 1. The molecule has 2 aromatic heterocycles. The summed E-state index contributed by atoms with van der Waals surface area (Å²) in [5.41, 5.74) is 1.90. The number of amides is 2. The van der Waals surface area contributed by atoms with Gasteiger partial charge in [0.05, 0.1) is 11.9 Å². The van der Waals surface area contributed by atoms with Crippen LogP contribution in [-0.2, 0) is 6.54 Å². The van der Waals surface area contributed by atoms with Crippen molar-refractivity contribution in [1.82, 2.24) is 20.2 Å². The molecule has 3 heterocycles. The number of pyridine rings is 2. The van der Waals surface area contributed by atoms with Crippen molar-refractivity contribution in [2.24, 2.45) is 5.92 Å². The Labute approximate surface area is 146 Å². The molecule has 1 atom stereocenters. The van der Waals surface area contributed by atoms with E-state index in [1.165, 1.54) is 11.8 Å². The van der Waals surface area contributed by atoms with Gasteiger partial charge in [0.2, 0.25) is 0 Å². The van der Waals surface area contributed by atoms with Crippen LogP contribution >= 0.6 is 11.6 Å². The molecule has 2 amide bonds. The number of aromatic nitrogens is 2. The van der Waals surface area contributed by atoms with Crippen LogP contribution in [0.15, 0.2) is 42.9 Å². The highest BCUT2D eigenvalue weighted by Crippen LogP contribution is 2.18. The van der Waals surface area contributed by atoms with E-state index in [0.717, 1.165) is 26.1 Å². The maximum atomic E-state index is 11.9. The van der Waals surface area contributed by atoms with E-state index >= 15 is 0 Å². The number of halogens is 1. The first-order valence-electron chi connectivity index (χ1n) is 7.97. The van der Waals surface area contributed by atoms with Gasteiger partial charge in [-0.15, -0.1) is 0 Å². The summed E-state index contributed by atoms with van der Waals surface area (Å²) in [6, 6.07) is 7.23. The third-order valence-electron chi connectivity index (χ3n) is 4.06. The number of hydrogen-bond acceptors (Lipinski definition) is 4. The second-order valence-electron chi connectivity index (χ2n) is 5.95. The molecule has 2 N–H and O–H groups in total. The van der Waals surface area contributed by atoms with Crippen LogP contribution in [0.1, 0.15) is 12.0 Å². The van der Waals surface area contributed by atoms with Gasteiger partial charge in [0.25, 0.3) is 0 Å². The molecular formula is C17H20ClN5O. The molecule has 0 radical (unpaired) electrons. The first-order valence-corrected chi connectivity index (χ1v) is 8.34. The minimum Gasteiger partial charge on any atom is -0.338 e. The lowest BCUT2D eigenvalue weighted by Gasteiger charge is -2.16. The lowest BCUT2D eigenvalue weighted by atomic mass is 10.1. The maximum Gasteiger partial charge on any atom is 0.319 e. The quantitative estimate of drug-likeness (QED) is 0.817. The molecule has 1 saturated heterocycles. The van der Waals surface area contributed by atoms with E-state index in [1.54, 1.807) is 12.1 Å². The van der Waals surface area contributed by atoms with Gasteiger partial charge >= 0.3 is 6.03 Å². The number of anilines is 1. The molecule has 0 bridgehead atoms. The van der Waals surface area contributed by atoms with Gasteiger partial charge in [0.1, 0.15) is 5.15 Å². The summed E-state index contributed by atoms with van der Waals surface area (Å²) in [5, 5.41) is 6.08. The van der Waals surface area contributed by atoms with Crippen LogP contribution in [0.3, 0.4) is 0 Å². The molecule has 0 aromatic carbocycles. The van der Waals surface area contributed by atoms with Gasteiger partial charge in [-0.1, -0.05) is 11.6 Å². The highest BCUT2D eigenvalue weighted by atomic mass is 35.5. The molecule has 7 heteroatoms. The first kappa shape index (κ1) is 16.7. The molecule has 0 aliphatic carbocycles.